The van der Waals surface area contributed by atoms with Crippen molar-refractivity contribution in [3.63, 3.8) is 0 Å². The van der Waals surface area contributed by atoms with Gasteiger partial charge >= 0.3 is 0 Å². The molecule has 0 fully saturated rings. The van der Waals surface area contributed by atoms with Crippen molar-refractivity contribution in [2.24, 2.45) is 0 Å². The van der Waals surface area contributed by atoms with E-state index in [1.807, 2.05) is 12.3 Å². The van der Waals surface area contributed by atoms with Crippen molar-refractivity contribution in [1.29, 1.82) is 0 Å². The number of nitrogens with zero attached hydrogens (tertiary/aromatic N) is 2. The molecular formula is C16H17N3O. The van der Waals surface area contributed by atoms with Crippen LogP contribution >= 0.6 is 0 Å². The van der Waals surface area contributed by atoms with E-state index in [2.05, 4.69) is 46.5 Å². The Morgan fingerprint density at radius 2 is 2.00 bits per heavy atom. The van der Waals surface area contributed by atoms with Gasteiger partial charge in [0.25, 0.3) is 0 Å². The van der Waals surface area contributed by atoms with Gasteiger partial charge in [-0.15, -0.1) is 0 Å². The number of rotatable bonds is 5. The van der Waals surface area contributed by atoms with Crippen molar-refractivity contribution in [2.45, 2.75) is 26.4 Å². The zero-order valence-electron chi connectivity index (χ0n) is 11.5. The molecule has 1 aromatic carbocycles. The van der Waals surface area contributed by atoms with Crippen LogP contribution in [0.4, 0.5) is 0 Å². The minimum Gasteiger partial charge on any atom is -0.444 e. The van der Waals surface area contributed by atoms with Crippen molar-refractivity contribution in [3.05, 3.63) is 59.9 Å². The Morgan fingerprint density at radius 1 is 1.10 bits per heavy atom. The smallest absolute Gasteiger partial charge is 0.208 e. The maximum Gasteiger partial charge on any atom is 0.208 e. The van der Waals surface area contributed by atoms with E-state index < -0.39 is 0 Å². The normalized spacial score (nSPS) is 11.1. The molecule has 3 rings (SSSR count). The standard InChI is InChI=1S/C16H17N3O/c1-2-14-10-19-15(20-14)11-17-9-13-6-3-5-12-7-4-8-18-16(12)13/h3-8,10,17H,2,9,11H2,1H3. The Bertz CT molecular complexity index is 700. The van der Waals surface area contributed by atoms with Crippen LogP contribution in [0, 0.1) is 0 Å². The van der Waals surface area contributed by atoms with Gasteiger partial charge in [0.2, 0.25) is 5.89 Å². The number of para-hydroxylation sites is 1. The topological polar surface area (TPSA) is 51.0 Å². The minimum absolute atomic E-state index is 0.628. The third-order valence-corrected chi connectivity index (χ3v) is 3.26. The molecule has 2 aromatic heterocycles. The maximum atomic E-state index is 5.57. The van der Waals surface area contributed by atoms with Crippen LogP contribution in [-0.4, -0.2) is 9.97 Å². The molecule has 0 atom stereocenters. The Kier molecular flexibility index (Phi) is 3.74. The summed E-state index contributed by atoms with van der Waals surface area (Å²) in [4.78, 5) is 8.68. The highest BCUT2D eigenvalue weighted by Crippen LogP contribution is 2.15. The summed E-state index contributed by atoms with van der Waals surface area (Å²) in [5.41, 5.74) is 2.23. The molecule has 0 saturated heterocycles. The Morgan fingerprint density at radius 3 is 2.85 bits per heavy atom. The largest absolute Gasteiger partial charge is 0.444 e. The number of aromatic nitrogens is 2. The van der Waals surface area contributed by atoms with Gasteiger partial charge in [-0.1, -0.05) is 31.2 Å². The lowest BCUT2D eigenvalue weighted by Crippen LogP contribution is -2.13. The Labute approximate surface area is 117 Å². The van der Waals surface area contributed by atoms with E-state index in [4.69, 9.17) is 4.42 Å². The molecule has 0 saturated carbocycles. The summed E-state index contributed by atoms with van der Waals surface area (Å²) in [7, 11) is 0. The van der Waals surface area contributed by atoms with Crippen molar-refractivity contribution >= 4 is 10.9 Å². The number of fused-ring (bicyclic) bond motifs is 1. The van der Waals surface area contributed by atoms with E-state index in [0.717, 1.165) is 35.5 Å². The lowest BCUT2D eigenvalue weighted by Gasteiger charge is -2.06. The fraction of sp³-hybridized carbons (Fsp3) is 0.250. The van der Waals surface area contributed by atoms with Gasteiger partial charge in [0, 0.05) is 24.5 Å². The number of hydrogen-bond donors (Lipinski definition) is 1. The lowest BCUT2D eigenvalue weighted by atomic mass is 10.1. The fourth-order valence-corrected chi connectivity index (χ4v) is 2.21. The summed E-state index contributed by atoms with van der Waals surface area (Å²) in [6.45, 7) is 3.43. The van der Waals surface area contributed by atoms with Crippen molar-refractivity contribution < 1.29 is 4.42 Å². The summed E-state index contributed by atoms with van der Waals surface area (Å²) >= 11 is 0. The lowest BCUT2D eigenvalue weighted by molar-refractivity contribution is 0.439. The second kappa shape index (κ2) is 5.84. The highest BCUT2D eigenvalue weighted by atomic mass is 16.4. The van der Waals surface area contributed by atoms with E-state index in [0.29, 0.717) is 6.54 Å². The number of pyridine rings is 1. The first-order valence-corrected chi connectivity index (χ1v) is 6.83. The molecule has 0 unspecified atom stereocenters. The summed E-state index contributed by atoms with van der Waals surface area (Å²) < 4.78 is 5.57. The van der Waals surface area contributed by atoms with E-state index in [-0.39, 0.29) is 0 Å². The van der Waals surface area contributed by atoms with E-state index in [9.17, 15) is 0 Å². The van der Waals surface area contributed by atoms with Gasteiger partial charge in [-0.05, 0) is 11.6 Å². The summed E-state index contributed by atoms with van der Waals surface area (Å²) in [5.74, 6) is 1.66. The molecule has 2 heterocycles. The third kappa shape index (κ3) is 2.70. The SMILES string of the molecule is CCc1cnc(CNCc2cccc3cccnc23)o1. The van der Waals surface area contributed by atoms with Crippen LogP contribution in [0.5, 0.6) is 0 Å². The second-order valence-corrected chi connectivity index (χ2v) is 4.67. The molecule has 0 amide bonds. The molecule has 0 radical (unpaired) electrons. The van der Waals surface area contributed by atoms with E-state index in [1.165, 1.54) is 5.56 Å². The minimum atomic E-state index is 0.628. The van der Waals surface area contributed by atoms with Crippen LogP contribution in [0.1, 0.15) is 24.1 Å². The first kappa shape index (κ1) is 12.8. The molecule has 0 aliphatic carbocycles. The number of hydrogen-bond acceptors (Lipinski definition) is 4. The number of aryl methyl sites for hydroxylation is 1. The zero-order chi connectivity index (χ0) is 13.8. The molecule has 0 bridgehead atoms. The molecule has 0 aliphatic rings. The van der Waals surface area contributed by atoms with Crippen molar-refractivity contribution in [1.82, 2.24) is 15.3 Å². The van der Waals surface area contributed by atoms with Gasteiger partial charge in [-0.2, -0.15) is 0 Å². The van der Waals surface area contributed by atoms with Gasteiger partial charge in [-0.3, -0.25) is 4.98 Å². The highest BCUT2D eigenvalue weighted by Gasteiger charge is 2.04. The maximum absolute atomic E-state index is 5.57. The summed E-state index contributed by atoms with van der Waals surface area (Å²) in [6.07, 6.45) is 4.49. The van der Waals surface area contributed by atoms with Crippen LogP contribution in [-0.2, 0) is 19.5 Å². The molecular weight excluding hydrogens is 250 g/mol. The molecule has 0 spiro atoms. The Hall–Kier alpha value is -2.20. The zero-order valence-corrected chi connectivity index (χ0v) is 11.5. The summed E-state index contributed by atoms with van der Waals surface area (Å²) in [5, 5.41) is 4.51. The van der Waals surface area contributed by atoms with Crippen LogP contribution in [0.2, 0.25) is 0 Å². The van der Waals surface area contributed by atoms with E-state index >= 15 is 0 Å². The number of nitrogens with one attached hydrogen (secondary N) is 1. The molecule has 4 nitrogen and oxygen atoms in total. The average Bonchev–Trinajstić information content (AvgIpc) is 2.95. The molecule has 1 N–H and O–H groups in total. The molecule has 4 heteroatoms. The number of benzene rings is 1. The average molecular weight is 267 g/mol. The third-order valence-electron chi connectivity index (χ3n) is 3.26. The van der Waals surface area contributed by atoms with Crippen molar-refractivity contribution in [2.75, 3.05) is 0 Å². The molecule has 20 heavy (non-hydrogen) atoms. The van der Waals surface area contributed by atoms with Gasteiger partial charge in [0.1, 0.15) is 5.76 Å². The molecule has 3 aromatic rings. The number of oxazole rings is 1. The van der Waals surface area contributed by atoms with Gasteiger partial charge in [0.05, 0.1) is 18.3 Å². The molecule has 0 aliphatic heterocycles. The first-order chi connectivity index (χ1) is 9.86. The quantitative estimate of drug-likeness (QED) is 0.772. The van der Waals surface area contributed by atoms with Crippen LogP contribution in [0.25, 0.3) is 10.9 Å². The van der Waals surface area contributed by atoms with E-state index in [1.54, 1.807) is 6.20 Å². The second-order valence-electron chi connectivity index (χ2n) is 4.67. The fourth-order valence-electron chi connectivity index (χ4n) is 2.21. The monoisotopic (exact) mass is 267 g/mol. The summed E-state index contributed by atoms with van der Waals surface area (Å²) in [6, 6.07) is 10.3. The first-order valence-electron chi connectivity index (χ1n) is 6.83. The Balaban J connectivity index is 1.68. The van der Waals surface area contributed by atoms with Crippen LogP contribution in [0.15, 0.2) is 47.1 Å². The highest BCUT2D eigenvalue weighted by molar-refractivity contribution is 5.81. The molecule has 102 valence electrons. The van der Waals surface area contributed by atoms with Crippen molar-refractivity contribution in [3.8, 4) is 0 Å². The van der Waals surface area contributed by atoms with Gasteiger partial charge in [-0.25, -0.2) is 4.98 Å². The predicted molar refractivity (Wildman–Crippen MR) is 78.2 cm³/mol. The van der Waals surface area contributed by atoms with Crippen LogP contribution in [0.3, 0.4) is 0 Å². The predicted octanol–water partition coefficient (Wildman–Crippen LogP) is 3.08. The van der Waals surface area contributed by atoms with Gasteiger partial charge in [0.15, 0.2) is 0 Å². The van der Waals surface area contributed by atoms with Gasteiger partial charge < -0.3 is 9.73 Å². The van der Waals surface area contributed by atoms with Crippen LogP contribution < -0.4 is 5.32 Å².